The van der Waals surface area contributed by atoms with E-state index < -0.39 is 0 Å². The zero-order valence-electron chi connectivity index (χ0n) is 17.6. The van der Waals surface area contributed by atoms with Gasteiger partial charge in [0.25, 0.3) is 0 Å². The van der Waals surface area contributed by atoms with Crippen LogP contribution in [0.3, 0.4) is 0 Å². The Labute approximate surface area is 190 Å². The highest BCUT2D eigenvalue weighted by Gasteiger charge is 2.11. The lowest BCUT2D eigenvalue weighted by molar-refractivity contribution is 0.475. The summed E-state index contributed by atoms with van der Waals surface area (Å²) in [7, 11) is 0. The molecule has 160 valence electrons. The van der Waals surface area contributed by atoms with Crippen molar-refractivity contribution in [2.75, 3.05) is 0 Å². The number of hydrogen-bond donors (Lipinski definition) is 3. The zero-order valence-corrected chi connectivity index (χ0v) is 17.6. The van der Waals surface area contributed by atoms with E-state index >= 15 is 0 Å². The number of imidazole rings is 1. The van der Waals surface area contributed by atoms with Crippen LogP contribution in [0.2, 0.25) is 0 Å². The summed E-state index contributed by atoms with van der Waals surface area (Å²) in [6.45, 7) is 0. The number of aromatic nitrogens is 2. The van der Waals surface area contributed by atoms with Crippen molar-refractivity contribution in [3.05, 3.63) is 114 Å². The summed E-state index contributed by atoms with van der Waals surface area (Å²) in [6.07, 6.45) is 1.65. The van der Waals surface area contributed by atoms with Gasteiger partial charge in [0.2, 0.25) is 0 Å². The molecule has 0 aliphatic rings. The maximum Gasteiger partial charge on any atom is 0.138 e. The number of fused-ring (bicyclic) bond motifs is 1. The van der Waals surface area contributed by atoms with Crippen molar-refractivity contribution in [1.29, 1.82) is 0 Å². The molecule has 6 heteroatoms. The Kier molecular flexibility index (Phi) is 5.39. The Morgan fingerprint density at radius 1 is 0.758 bits per heavy atom. The molecule has 0 saturated heterocycles. The summed E-state index contributed by atoms with van der Waals surface area (Å²) in [5.74, 6) is 1.15. The van der Waals surface area contributed by atoms with Crippen LogP contribution in [0.15, 0.2) is 107 Å². The van der Waals surface area contributed by atoms with E-state index in [-0.39, 0.29) is 11.5 Å². The molecule has 6 nitrogen and oxygen atoms in total. The van der Waals surface area contributed by atoms with Crippen LogP contribution in [0, 0.1) is 0 Å². The Balaban J connectivity index is 1.53. The maximum atomic E-state index is 9.54. The van der Waals surface area contributed by atoms with Crippen molar-refractivity contribution in [2.24, 2.45) is 10.2 Å². The summed E-state index contributed by atoms with van der Waals surface area (Å²) < 4.78 is 0. The molecule has 33 heavy (non-hydrogen) atoms. The number of nitrogens with zero attached hydrogens (tertiary/aromatic N) is 3. The first kappa shape index (κ1) is 20.2. The van der Waals surface area contributed by atoms with Crippen LogP contribution in [0.1, 0.15) is 16.7 Å². The number of benzene rings is 4. The molecule has 5 rings (SSSR count). The van der Waals surface area contributed by atoms with Gasteiger partial charge < -0.3 is 15.2 Å². The fraction of sp³-hybridized carbons (Fsp3) is 0. The molecule has 0 atom stereocenters. The number of phenols is 2. The predicted octanol–water partition coefficient (Wildman–Crippen LogP) is 5.51. The molecule has 3 N–H and O–H groups in total. The van der Waals surface area contributed by atoms with Crippen molar-refractivity contribution in [2.45, 2.75) is 0 Å². The number of nitrogens with one attached hydrogen (secondary N) is 1. The lowest BCUT2D eigenvalue weighted by Crippen LogP contribution is -2.02. The van der Waals surface area contributed by atoms with Gasteiger partial charge in [0.05, 0.1) is 17.2 Å². The molecule has 1 heterocycles. The van der Waals surface area contributed by atoms with Crippen LogP contribution < -0.4 is 0 Å². The normalized spacial score (nSPS) is 11.9. The fourth-order valence-corrected chi connectivity index (χ4v) is 3.50. The number of aromatic amines is 1. The van der Waals surface area contributed by atoms with Gasteiger partial charge in [0.15, 0.2) is 0 Å². The zero-order chi connectivity index (χ0) is 22.6. The highest BCUT2D eigenvalue weighted by molar-refractivity contribution is 6.14. The molecule has 0 saturated carbocycles. The standard InChI is InChI=1S/C27H20N4O2/c32-22-11-6-18(7-12-22)17-28-31-26(19-4-2-1-3-5-19)21-10-15-24-25(16-21)30-27(29-24)20-8-13-23(33)14-9-20/h1-17,32-33H,(H,29,30)/b28-17+,31-26-. The first-order chi connectivity index (χ1) is 16.2. The Morgan fingerprint density at radius 3 is 2.18 bits per heavy atom. The second-order valence-electron chi connectivity index (χ2n) is 7.51. The lowest BCUT2D eigenvalue weighted by Gasteiger charge is -2.05. The third-order valence-electron chi connectivity index (χ3n) is 5.20. The number of aromatic hydroxyl groups is 2. The van der Waals surface area contributed by atoms with E-state index in [0.29, 0.717) is 0 Å². The predicted molar refractivity (Wildman–Crippen MR) is 131 cm³/mol. The van der Waals surface area contributed by atoms with E-state index in [2.05, 4.69) is 20.2 Å². The van der Waals surface area contributed by atoms with Gasteiger partial charge in [-0.15, -0.1) is 5.10 Å². The monoisotopic (exact) mass is 432 g/mol. The van der Waals surface area contributed by atoms with Crippen LogP contribution >= 0.6 is 0 Å². The summed E-state index contributed by atoms with van der Waals surface area (Å²) >= 11 is 0. The summed E-state index contributed by atoms with van der Waals surface area (Å²) in [5, 5.41) is 27.8. The van der Waals surface area contributed by atoms with Crippen molar-refractivity contribution in [3.8, 4) is 22.9 Å². The van der Waals surface area contributed by atoms with Gasteiger partial charge in [-0.1, -0.05) is 36.4 Å². The molecule has 5 aromatic rings. The smallest absolute Gasteiger partial charge is 0.138 e. The Morgan fingerprint density at radius 2 is 1.45 bits per heavy atom. The molecule has 0 bridgehead atoms. The largest absolute Gasteiger partial charge is 0.508 e. The SMILES string of the molecule is Oc1ccc(/C=N/N=C(/c2ccccc2)c2ccc3nc(-c4ccc(O)cc4)[nH]c3c2)cc1. The molecule has 0 amide bonds. The quantitative estimate of drug-likeness (QED) is 0.252. The van der Waals surface area contributed by atoms with Crippen molar-refractivity contribution < 1.29 is 10.2 Å². The Bertz CT molecular complexity index is 1450. The topological polar surface area (TPSA) is 93.9 Å². The van der Waals surface area contributed by atoms with Crippen LogP contribution in [-0.4, -0.2) is 32.1 Å². The molecular formula is C27H20N4O2. The van der Waals surface area contributed by atoms with Gasteiger partial charge in [0.1, 0.15) is 23.0 Å². The molecule has 4 aromatic carbocycles. The number of hydrogen-bond acceptors (Lipinski definition) is 5. The van der Waals surface area contributed by atoms with Crippen LogP contribution in [0.4, 0.5) is 0 Å². The minimum Gasteiger partial charge on any atom is -0.508 e. The number of phenolic OH excluding ortho intramolecular Hbond substituents is 2. The highest BCUT2D eigenvalue weighted by Crippen LogP contribution is 2.24. The lowest BCUT2D eigenvalue weighted by atomic mass is 10.0. The Hall–Kier alpha value is -4.71. The van der Waals surface area contributed by atoms with Gasteiger partial charge >= 0.3 is 0 Å². The molecule has 0 aliphatic carbocycles. The first-order valence-electron chi connectivity index (χ1n) is 10.4. The second kappa shape index (κ2) is 8.80. The summed E-state index contributed by atoms with van der Waals surface area (Å²) in [6, 6.07) is 29.5. The molecule has 0 fully saturated rings. The van der Waals surface area contributed by atoms with Gasteiger partial charge in [0, 0.05) is 16.7 Å². The van der Waals surface area contributed by atoms with Gasteiger partial charge in [-0.2, -0.15) is 5.10 Å². The van der Waals surface area contributed by atoms with E-state index in [9.17, 15) is 10.2 Å². The van der Waals surface area contributed by atoms with Crippen molar-refractivity contribution >= 4 is 23.0 Å². The van der Waals surface area contributed by atoms with Gasteiger partial charge in [-0.25, -0.2) is 4.98 Å². The third kappa shape index (κ3) is 4.50. The number of rotatable bonds is 5. The summed E-state index contributed by atoms with van der Waals surface area (Å²) in [4.78, 5) is 8.02. The first-order valence-corrected chi connectivity index (χ1v) is 10.4. The molecule has 0 spiro atoms. The van der Waals surface area contributed by atoms with Gasteiger partial charge in [-0.3, -0.25) is 0 Å². The third-order valence-corrected chi connectivity index (χ3v) is 5.20. The molecular weight excluding hydrogens is 412 g/mol. The van der Waals surface area contributed by atoms with Gasteiger partial charge in [-0.05, 0) is 66.2 Å². The minimum absolute atomic E-state index is 0.208. The van der Waals surface area contributed by atoms with E-state index in [1.54, 1.807) is 42.6 Å². The fourth-order valence-electron chi connectivity index (χ4n) is 3.50. The van der Waals surface area contributed by atoms with Crippen LogP contribution in [0.25, 0.3) is 22.4 Å². The van der Waals surface area contributed by atoms with Crippen LogP contribution in [0.5, 0.6) is 11.5 Å². The van der Waals surface area contributed by atoms with E-state index in [4.69, 9.17) is 0 Å². The van der Waals surface area contributed by atoms with E-state index in [1.807, 2.05) is 60.7 Å². The second-order valence-corrected chi connectivity index (χ2v) is 7.51. The highest BCUT2D eigenvalue weighted by atomic mass is 16.3. The molecule has 0 aliphatic heterocycles. The molecule has 0 radical (unpaired) electrons. The average molecular weight is 432 g/mol. The van der Waals surface area contributed by atoms with Crippen LogP contribution in [-0.2, 0) is 0 Å². The summed E-state index contributed by atoms with van der Waals surface area (Å²) in [5.41, 5.74) is 6.01. The maximum absolute atomic E-state index is 9.54. The average Bonchev–Trinajstić information content (AvgIpc) is 3.27. The molecule has 1 aromatic heterocycles. The van der Waals surface area contributed by atoms with Crippen molar-refractivity contribution in [1.82, 2.24) is 9.97 Å². The minimum atomic E-state index is 0.208. The number of H-pyrrole nitrogens is 1. The van der Waals surface area contributed by atoms with Crippen molar-refractivity contribution in [3.63, 3.8) is 0 Å². The van der Waals surface area contributed by atoms with E-state index in [1.165, 1.54) is 0 Å². The molecule has 0 unspecified atom stereocenters. The van der Waals surface area contributed by atoms with E-state index in [0.717, 1.165) is 44.8 Å².